The second kappa shape index (κ2) is 11.1. The van der Waals surface area contributed by atoms with Crippen molar-refractivity contribution in [2.75, 3.05) is 50.3 Å². The first-order valence-corrected chi connectivity index (χ1v) is 14.1. The number of hydrogen-bond acceptors (Lipinski definition) is 5. The number of para-hydroxylation sites is 1. The Kier molecular flexibility index (Phi) is 7.72. The van der Waals surface area contributed by atoms with Gasteiger partial charge in [0.25, 0.3) is 0 Å². The van der Waals surface area contributed by atoms with Crippen LogP contribution in [0.1, 0.15) is 31.7 Å². The van der Waals surface area contributed by atoms with Crippen LogP contribution in [0.3, 0.4) is 0 Å². The molecule has 3 saturated carbocycles. The number of benzene rings is 2. The summed E-state index contributed by atoms with van der Waals surface area (Å²) in [4.78, 5) is 26.1. The van der Waals surface area contributed by atoms with E-state index in [2.05, 4.69) is 82.8 Å². The summed E-state index contributed by atoms with van der Waals surface area (Å²) in [5.74, 6) is 0.624. The van der Waals surface area contributed by atoms with Crippen LogP contribution >= 0.6 is 0 Å². The number of nitrogens with one attached hydrogen (secondary N) is 2. The maximum atomic E-state index is 12.5. The summed E-state index contributed by atoms with van der Waals surface area (Å²) < 4.78 is 7.91. The SMILES string of the molecule is C=CC(=O)Nc1cc(N/C(N=C)=N/C(=C\C)c2cn(C)c3ccccc23)c(OC)cc1N(C)C12CC(CN(C)C)(C1)C2. The number of carbonyl (C=O) groups excluding carboxylic acids is 1. The summed E-state index contributed by atoms with van der Waals surface area (Å²) >= 11 is 0. The van der Waals surface area contributed by atoms with Gasteiger partial charge in [-0.15, -0.1) is 0 Å². The van der Waals surface area contributed by atoms with Gasteiger partial charge in [0.05, 0.1) is 29.9 Å². The zero-order valence-corrected chi connectivity index (χ0v) is 25.5. The fraction of sp³-hybridized carbons (Fsp3) is 0.364. The summed E-state index contributed by atoms with van der Waals surface area (Å²) in [6.07, 6.45) is 8.67. The molecule has 0 saturated heterocycles. The molecule has 2 bridgehead atoms. The second-order valence-corrected chi connectivity index (χ2v) is 11.9. The van der Waals surface area contributed by atoms with Crippen LogP contribution in [-0.4, -0.2) is 68.4 Å². The summed E-state index contributed by atoms with van der Waals surface area (Å²) in [6, 6.07) is 12.0. The molecule has 1 amide bonds. The van der Waals surface area contributed by atoms with Crippen LogP contribution in [0.4, 0.5) is 17.1 Å². The van der Waals surface area contributed by atoms with Crippen LogP contribution in [0, 0.1) is 5.41 Å². The Hall–Kier alpha value is -4.37. The molecule has 0 atom stereocenters. The van der Waals surface area contributed by atoms with Crippen molar-refractivity contribution < 1.29 is 9.53 Å². The van der Waals surface area contributed by atoms with Crippen molar-refractivity contribution in [1.82, 2.24) is 9.47 Å². The van der Waals surface area contributed by atoms with Gasteiger partial charge in [0.2, 0.25) is 11.9 Å². The Balaban J connectivity index is 1.48. The lowest BCUT2D eigenvalue weighted by Gasteiger charge is -2.74. The lowest BCUT2D eigenvalue weighted by atomic mass is 9.38. The molecule has 1 heterocycles. The molecular weight excluding hydrogens is 526 g/mol. The van der Waals surface area contributed by atoms with E-state index < -0.39 is 0 Å². The number of amides is 1. The largest absolute Gasteiger partial charge is 0.494 e. The molecular formula is C33H41N7O2. The number of carbonyl (C=O) groups is 1. The van der Waals surface area contributed by atoms with E-state index in [4.69, 9.17) is 9.73 Å². The van der Waals surface area contributed by atoms with E-state index in [1.54, 1.807) is 7.11 Å². The predicted molar refractivity (Wildman–Crippen MR) is 175 cm³/mol. The summed E-state index contributed by atoms with van der Waals surface area (Å²) in [5, 5.41) is 7.39. The molecule has 0 unspecified atom stereocenters. The molecule has 3 aromatic rings. The minimum Gasteiger partial charge on any atom is -0.494 e. The fourth-order valence-corrected chi connectivity index (χ4v) is 6.95. The number of aryl methyl sites for hydroxylation is 1. The molecule has 0 spiro atoms. The van der Waals surface area contributed by atoms with Crippen molar-refractivity contribution >= 4 is 52.2 Å². The van der Waals surface area contributed by atoms with Crippen LogP contribution in [0.2, 0.25) is 0 Å². The fourth-order valence-electron chi connectivity index (χ4n) is 6.95. The molecule has 220 valence electrons. The number of ether oxygens (including phenoxy) is 1. The molecule has 42 heavy (non-hydrogen) atoms. The van der Waals surface area contributed by atoms with Crippen LogP contribution < -0.4 is 20.3 Å². The number of methoxy groups -OCH3 is 1. The molecule has 3 aliphatic rings. The normalized spacial score (nSPS) is 21.4. The van der Waals surface area contributed by atoms with E-state index in [1.165, 1.54) is 6.08 Å². The van der Waals surface area contributed by atoms with E-state index in [9.17, 15) is 4.79 Å². The van der Waals surface area contributed by atoms with Crippen molar-refractivity contribution in [2.24, 2.45) is 22.4 Å². The van der Waals surface area contributed by atoms with Gasteiger partial charge in [-0.3, -0.25) is 4.79 Å². The van der Waals surface area contributed by atoms with Crippen molar-refractivity contribution in [3.05, 3.63) is 66.9 Å². The highest BCUT2D eigenvalue weighted by atomic mass is 16.5. The topological polar surface area (TPSA) is 86.5 Å². The predicted octanol–water partition coefficient (Wildman–Crippen LogP) is 5.76. The Bertz CT molecular complexity index is 1590. The molecule has 3 fully saturated rings. The number of aliphatic imine (C=N–C) groups is 2. The number of allylic oxidation sites excluding steroid dienone is 1. The Morgan fingerprint density at radius 1 is 1.14 bits per heavy atom. The molecule has 3 aliphatic carbocycles. The van der Waals surface area contributed by atoms with Crippen LogP contribution in [0.5, 0.6) is 5.75 Å². The highest BCUT2D eigenvalue weighted by Crippen LogP contribution is 2.70. The Morgan fingerprint density at radius 2 is 1.86 bits per heavy atom. The van der Waals surface area contributed by atoms with Gasteiger partial charge in [0.1, 0.15) is 5.75 Å². The highest BCUT2D eigenvalue weighted by Gasteiger charge is 2.69. The quantitative estimate of drug-likeness (QED) is 0.185. The maximum Gasteiger partial charge on any atom is 0.247 e. The average Bonchev–Trinajstić information content (AvgIpc) is 3.27. The standard InChI is InChI=1S/C33H41N7O2/c1-9-24(23-17-39(6)27-14-12-11-13-22(23)27)36-31(34-3)37-26-15-25(35-30(41)10-2)28(16-29(26)42-8)40(7)33-18-32(19-33,20-33)21-38(4)5/h9-17H,2-3,18-21H2,1,4-8H3,(H,35,41)(H,36,37)/b24-9-. The number of nitrogens with zero attached hydrogens (tertiary/aromatic N) is 5. The smallest absolute Gasteiger partial charge is 0.247 e. The van der Waals surface area contributed by atoms with E-state index >= 15 is 0 Å². The Morgan fingerprint density at radius 3 is 2.48 bits per heavy atom. The van der Waals surface area contributed by atoms with E-state index in [0.717, 1.165) is 53.7 Å². The van der Waals surface area contributed by atoms with Crippen molar-refractivity contribution in [2.45, 2.75) is 31.7 Å². The van der Waals surface area contributed by atoms with Gasteiger partial charge < -0.3 is 29.7 Å². The number of rotatable bonds is 10. The summed E-state index contributed by atoms with van der Waals surface area (Å²) in [6.45, 7) is 10.4. The molecule has 2 aromatic carbocycles. The molecule has 9 heteroatoms. The molecule has 0 radical (unpaired) electrons. The number of hydrogen-bond donors (Lipinski definition) is 2. The average molecular weight is 568 g/mol. The van der Waals surface area contributed by atoms with E-state index in [-0.39, 0.29) is 11.4 Å². The molecule has 1 aromatic heterocycles. The lowest BCUT2D eigenvalue weighted by molar-refractivity contribution is -0.143. The van der Waals surface area contributed by atoms with Gasteiger partial charge in [-0.2, -0.15) is 0 Å². The lowest BCUT2D eigenvalue weighted by Crippen LogP contribution is -2.76. The number of anilines is 3. The molecule has 6 rings (SSSR count). The number of aromatic nitrogens is 1. The Labute approximate surface area is 248 Å². The first-order chi connectivity index (χ1) is 20.1. The third-order valence-electron chi connectivity index (χ3n) is 8.67. The number of guanidine groups is 1. The maximum absolute atomic E-state index is 12.5. The van der Waals surface area contributed by atoms with Crippen molar-refractivity contribution in [3.63, 3.8) is 0 Å². The van der Waals surface area contributed by atoms with Crippen molar-refractivity contribution in [3.8, 4) is 5.75 Å². The van der Waals surface area contributed by atoms with Crippen LogP contribution in [-0.2, 0) is 11.8 Å². The monoisotopic (exact) mass is 567 g/mol. The minimum absolute atomic E-state index is 0.0815. The number of fused-ring (bicyclic) bond motifs is 1. The van der Waals surface area contributed by atoms with Gasteiger partial charge in [0.15, 0.2) is 0 Å². The third-order valence-corrected chi connectivity index (χ3v) is 8.67. The van der Waals surface area contributed by atoms with Crippen LogP contribution in [0.25, 0.3) is 16.6 Å². The van der Waals surface area contributed by atoms with Gasteiger partial charge >= 0.3 is 0 Å². The highest BCUT2D eigenvalue weighted by molar-refractivity contribution is 6.05. The summed E-state index contributed by atoms with van der Waals surface area (Å²) in [7, 11) is 10.0. The first-order valence-electron chi connectivity index (χ1n) is 14.1. The van der Waals surface area contributed by atoms with Gasteiger partial charge in [-0.05, 0) is 70.6 Å². The second-order valence-electron chi connectivity index (χ2n) is 11.9. The van der Waals surface area contributed by atoms with Gasteiger partial charge in [0, 0.05) is 54.9 Å². The van der Waals surface area contributed by atoms with Crippen molar-refractivity contribution in [1.29, 1.82) is 0 Å². The molecule has 9 nitrogen and oxygen atoms in total. The van der Waals surface area contributed by atoms with E-state index in [1.807, 2.05) is 44.3 Å². The minimum atomic E-state index is -0.287. The molecule has 2 N–H and O–H groups in total. The van der Waals surface area contributed by atoms with E-state index in [0.29, 0.717) is 28.5 Å². The molecule has 0 aliphatic heterocycles. The zero-order chi connectivity index (χ0) is 30.2. The van der Waals surface area contributed by atoms with Crippen LogP contribution in [0.15, 0.2) is 71.3 Å². The van der Waals surface area contributed by atoms with Gasteiger partial charge in [-0.1, -0.05) is 30.9 Å². The zero-order valence-electron chi connectivity index (χ0n) is 25.5. The first kappa shape index (κ1) is 29.1. The van der Waals surface area contributed by atoms with Gasteiger partial charge in [-0.25, -0.2) is 9.98 Å². The summed E-state index contributed by atoms with van der Waals surface area (Å²) in [5.41, 5.74) is 5.49. The third kappa shape index (κ3) is 5.09.